The van der Waals surface area contributed by atoms with Crippen molar-refractivity contribution in [2.75, 3.05) is 21.1 Å². The fourth-order valence-electron chi connectivity index (χ4n) is 10.8. The van der Waals surface area contributed by atoms with Crippen LogP contribution in [0.3, 0.4) is 0 Å². The predicted octanol–water partition coefficient (Wildman–Crippen LogP) is 11.0. The molecule has 3 aromatic heterocycles. The van der Waals surface area contributed by atoms with Crippen LogP contribution in [0, 0.1) is 35.3 Å². The first-order valence-corrected chi connectivity index (χ1v) is 28.0. The van der Waals surface area contributed by atoms with Gasteiger partial charge in [-0.2, -0.15) is 39.5 Å². The summed E-state index contributed by atoms with van der Waals surface area (Å²) in [6, 6.07) is 37.7. The number of alkyl halides is 6. The minimum absolute atomic E-state index is 0.0630. The zero-order valence-electron chi connectivity index (χ0n) is 49.8. The summed E-state index contributed by atoms with van der Waals surface area (Å²) in [6.45, 7) is -9.02. The number of carbonyl (C=O) groups excluding carboxylic acids is 3. The molecule has 3 amide bonds. The number of nitrogens with two attached hydrogens (primary N) is 3. The Kier molecular flexibility index (Phi) is 18.9. The molecule has 6 heterocycles. The summed E-state index contributed by atoms with van der Waals surface area (Å²) in [7, 11) is 4.33. The van der Waals surface area contributed by atoms with Crippen molar-refractivity contribution in [3.63, 3.8) is 0 Å². The van der Waals surface area contributed by atoms with E-state index in [-0.39, 0.29) is 68.5 Å². The van der Waals surface area contributed by atoms with Crippen molar-refractivity contribution >= 4 is 35.6 Å². The van der Waals surface area contributed by atoms with E-state index in [9.17, 15) is 67.1 Å². The highest BCUT2D eigenvalue weighted by Crippen LogP contribution is 2.45. The summed E-state index contributed by atoms with van der Waals surface area (Å²) in [6.07, 6.45) is 2.27. The molecule has 12 rings (SSSR count). The third kappa shape index (κ3) is 13.0. The summed E-state index contributed by atoms with van der Waals surface area (Å²) in [4.78, 5) is 66.7. The first-order chi connectivity index (χ1) is 45.7. The Labute approximate surface area is 536 Å². The zero-order chi connectivity index (χ0) is 69.1. The van der Waals surface area contributed by atoms with Crippen molar-refractivity contribution in [1.82, 2.24) is 29.7 Å². The van der Waals surface area contributed by atoms with Gasteiger partial charge in [0.25, 0.3) is 17.7 Å². The fraction of sp³-hybridized carbons (Fsp3) is 0.136. The van der Waals surface area contributed by atoms with Crippen molar-refractivity contribution in [2.24, 2.45) is 32.2 Å². The van der Waals surface area contributed by atoms with E-state index in [2.05, 4.69) is 44.1 Å². The second-order valence-corrected chi connectivity index (χ2v) is 21.1. The zero-order valence-corrected chi connectivity index (χ0v) is 49.8. The summed E-state index contributed by atoms with van der Waals surface area (Å²) in [5, 5.41) is 0. The number of rotatable bonds is 15. The van der Waals surface area contributed by atoms with Gasteiger partial charge in [-0.1, -0.05) is 91.0 Å². The lowest BCUT2D eigenvalue weighted by Crippen LogP contribution is -2.41. The predicted molar refractivity (Wildman–Crippen MR) is 324 cm³/mol. The van der Waals surface area contributed by atoms with Crippen LogP contribution in [0.5, 0.6) is 17.2 Å². The summed E-state index contributed by atoms with van der Waals surface area (Å²) < 4.78 is 172. The highest BCUT2D eigenvalue weighted by atomic mass is 19.3. The number of carbonyl (C=O) groups is 3. The van der Waals surface area contributed by atoms with Gasteiger partial charge in [0.2, 0.25) is 17.8 Å². The molecule has 18 nitrogen and oxygen atoms in total. The maximum Gasteiger partial charge on any atom is 0.387 e. The number of benzene rings is 6. The second-order valence-electron chi connectivity index (χ2n) is 21.1. The number of aliphatic imine (C=N–C) groups is 3. The van der Waals surface area contributed by atoms with Gasteiger partial charge in [-0.15, -0.1) is 0 Å². The normalized spacial score (nSPS) is 18.2. The highest BCUT2D eigenvalue weighted by molar-refractivity contribution is 6.11. The van der Waals surface area contributed by atoms with Crippen LogP contribution in [0.1, 0.15) is 33.4 Å². The molecule has 0 radical (unpaired) electrons. The van der Waals surface area contributed by atoms with Crippen molar-refractivity contribution in [2.45, 2.75) is 36.5 Å². The Hall–Kier alpha value is -11.9. The number of hydrogen-bond donors (Lipinski definition) is 3. The third-order valence-electron chi connectivity index (χ3n) is 15.4. The summed E-state index contributed by atoms with van der Waals surface area (Å²) >= 11 is 0. The van der Waals surface area contributed by atoms with Gasteiger partial charge in [0.05, 0.1) is 18.6 Å². The number of pyridine rings is 3. The number of nitrogens with zero attached hydrogens (tertiary/aromatic N) is 9. The van der Waals surface area contributed by atoms with Gasteiger partial charge in [0.1, 0.15) is 34.7 Å². The molecule has 0 aliphatic carbocycles. The number of halogens is 12. The van der Waals surface area contributed by atoms with Gasteiger partial charge in [-0.3, -0.25) is 29.1 Å². The van der Waals surface area contributed by atoms with Crippen molar-refractivity contribution < 1.29 is 81.3 Å². The van der Waals surface area contributed by atoms with E-state index in [1.54, 1.807) is 36.4 Å². The SMILES string of the molecule is CN1C(=O)C(c2ccc(OC(F)F)cc2)(c2cccc(-c3cc(F)cnc3F)c2)N=C1N.CN1C(=O)[C@@](c2ccc(OC(F)F)cc2)(c2cccc(-c3cc(F)cnc3F)c2)N=C1N.CN1C(=O)[C@](c2ccc(OC(F)F)cc2)(c2cccc(-c3cc(F)cnc3F)c2)N=C1N. The van der Waals surface area contributed by atoms with E-state index in [4.69, 9.17) is 17.2 Å². The quantitative estimate of drug-likeness (QED) is 0.0641. The van der Waals surface area contributed by atoms with Crippen LogP contribution < -0.4 is 31.4 Å². The van der Waals surface area contributed by atoms with Gasteiger partial charge in [0, 0.05) is 37.8 Å². The minimum Gasteiger partial charge on any atom is -0.435 e. The molecule has 6 aromatic carbocycles. The van der Waals surface area contributed by atoms with Crippen LogP contribution in [-0.2, 0) is 31.0 Å². The number of aromatic nitrogens is 3. The number of likely N-dealkylation sites (N-methyl/N-ethyl adjacent to an activating group) is 3. The van der Waals surface area contributed by atoms with Crippen LogP contribution in [0.25, 0.3) is 33.4 Å². The highest BCUT2D eigenvalue weighted by Gasteiger charge is 2.52. The van der Waals surface area contributed by atoms with Crippen molar-refractivity contribution in [3.8, 4) is 50.6 Å². The third-order valence-corrected chi connectivity index (χ3v) is 15.4. The van der Waals surface area contributed by atoms with Gasteiger partial charge in [-0.25, -0.2) is 43.1 Å². The average Bonchev–Trinajstić information content (AvgIpc) is 1.56. The number of amides is 3. The molecule has 1 unspecified atom stereocenters. The molecular formula is C66H48F12N12O6. The molecule has 3 atom stereocenters. The first kappa shape index (κ1) is 67.1. The lowest BCUT2D eigenvalue weighted by atomic mass is 9.81. The molecule has 0 spiro atoms. The number of ether oxygens (including phenoxy) is 3. The molecule has 0 saturated carbocycles. The van der Waals surface area contributed by atoms with E-state index in [0.29, 0.717) is 33.4 Å². The Bertz CT molecular complexity index is 4100. The number of hydrogen-bond acceptors (Lipinski definition) is 15. The molecule has 30 heteroatoms. The molecule has 492 valence electrons. The lowest BCUT2D eigenvalue weighted by molar-refractivity contribution is -0.130. The molecule has 96 heavy (non-hydrogen) atoms. The largest absolute Gasteiger partial charge is 0.435 e. The van der Waals surface area contributed by atoms with Gasteiger partial charge >= 0.3 is 19.8 Å². The Morgan fingerprint density at radius 2 is 0.594 bits per heavy atom. The van der Waals surface area contributed by atoms with Gasteiger partial charge in [0.15, 0.2) is 34.5 Å². The topological polar surface area (TPSA) is 242 Å². The van der Waals surface area contributed by atoms with E-state index < -0.39 is 89.5 Å². The van der Waals surface area contributed by atoms with Crippen LogP contribution in [-0.4, -0.2) is 106 Å². The minimum atomic E-state index is -3.01. The second kappa shape index (κ2) is 27.0. The maximum atomic E-state index is 14.3. The van der Waals surface area contributed by atoms with Gasteiger partial charge in [-0.05, 0) is 123 Å². The van der Waals surface area contributed by atoms with E-state index in [1.807, 2.05) is 0 Å². The van der Waals surface area contributed by atoms with Crippen molar-refractivity contribution in [1.29, 1.82) is 0 Å². The number of guanidine groups is 3. The standard InChI is InChI=1S/3C22H16F4N4O2/c3*1-30-19(31)22(29-21(30)27,13-5-7-16(8-6-13)32-20(25)26)14-4-2-3-12(9-14)17-10-15(23)11-28-18(17)24/h3*2-11,20H,1H3,(H2,27,29)/t2*22-;/m10./s1. The van der Waals surface area contributed by atoms with Crippen LogP contribution in [0.4, 0.5) is 52.7 Å². The smallest absolute Gasteiger partial charge is 0.387 e. The van der Waals surface area contributed by atoms with E-state index >= 15 is 0 Å². The average molecular weight is 1330 g/mol. The molecule has 0 saturated heterocycles. The Morgan fingerprint density at radius 1 is 0.354 bits per heavy atom. The molecule has 3 aliphatic heterocycles. The molecule has 0 fully saturated rings. The van der Waals surface area contributed by atoms with Gasteiger partial charge < -0.3 is 31.4 Å². The molecule has 0 bridgehead atoms. The monoisotopic (exact) mass is 1330 g/mol. The van der Waals surface area contributed by atoms with Crippen molar-refractivity contribution in [3.05, 3.63) is 251 Å². The molecule has 9 aromatic rings. The van der Waals surface area contributed by atoms with E-state index in [0.717, 1.165) is 51.5 Å². The maximum absolute atomic E-state index is 14.3. The molecular weight excluding hydrogens is 1280 g/mol. The Balaban J connectivity index is 0.000000157. The lowest BCUT2D eigenvalue weighted by Gasteiger charge is -2.26. The molecule has 3 aliphatic rings. The summed E-state index contributed by atoms with van der Waals surface area (Å²) in [5.41, 5.74) is 15.2. The van der Waals surface area contributed by atoms with E-state index in [1.165, 1.54) is 130 Å². The first-order valence-electron chi connectivity index (χ1n) is 28.0. The fourth-order valence-corrected chi connectivity index (χ4v) is 10.8. The van der Waals surface area contributed by atoms with Crippen LogP contribution in [0.2, 0.25) is 0 Å². The van der Waals surface area contributed by atoms with Crippen LogP contribution in [0.15, 0.2) is 197 Å². The Morgan fingerprint density at radius 3 is 0.802 bits per heavy atom. The van der Waals surface area contributed by atoms with Crippen LogP contribution >= 0.6 is 0 Å². The molecule has 6 N–H and O–H groups in total. The summed E-state index contributed by atoms with van der Waals surface area (Å²) in [5.74, 6) is -6.85.